The van der Waals surface area contributed by atoms with Crippen LogP contribution in [-0.4, -0.2) is 32.1 Å². The molecule has 0 saturated carbocycles. The number of hydrogen-bond acceptors (Lipinski definition) is 7. The van der Waals surface area contributed by atoms with E-state index in [1.54, 1.807) is 7.11 Å². The molecular weight excluding hydrogens is 506 g/mol. The van der Waals surface area contributed by atoms with Crippen molar-refractivity contribution in [1.82, 2.24) is 25.0 Å². The number of benzene rings is 3. The fraction of sp³-hybridized carbons (Fsp3) is 0.214. The highest BCUT2D eigenvalue weighted by atomic mass is 35.5. The number of aromatic nitrogens is 5. The van der Waals surface area contributed by atoms with E-state index in [4.69, 9.17) is 20.8 Å². The molecule has 0 spiro atoms. The summed E-state index contributed by atoms with van der Waals surface area (Å²) < 4.78 is 13.2. The number of ether oxygens (including phenoxy) is 1. The Hall–Kier alpha value is -3.62. The van der Waals surface area contributed by atoms with Crippen LogP contribution in [0, 0.1) is 0 Å². The van der Waals surface area contributed by atoms with Gasteiger partial charge in [-0.3, -0.25) is 4.57 Å². The van der Waals surface area contributed by atoms with Crippen LogP contribution in [0.3, 0.4) is 0 Å². The number of rotatable bonds is 7. The van der Waals surface area contributed by atoms with Crippen molar-refractivity contribution in [2.45, 2.75) is 37.1 Å². The lowest BCUT2D eigenvalue weighted by atomic mass is 9.87. The summed E-state index contributed by atoms with van der Waals surface area (Å²) in [6.07, 6.45) is 0. The molecule has 0 amide bonds. The summed E-state index contributed by atoms with van der Waals surface area (Å²) in [4.78, 5) is 0. The highest BCUT2D eigenvalue weighted by molar-refractivity contribution is 7.98. The summed E-state index contributed by atoms with van der Waals surface area (Å²) in [5.41, 5.74) is 3.95. The van der Waals surface area contributed by atoms with Crippen LogP contribution >= 0.6 is 23.4 Å². The molecule has 0 radical (unpaired) electrons. The zero-order valence-electron chi connectivity index (χ0n) is 21.0. The fourth-order valence-corrected chi connectivity index (χ4v) is 4.87. The number of halogens is 1. The Morgan fingerprint density at radius 2 is 1.65 bits per heavy atom. The molecule has 37 heavy (non-hydrogen) atoms. The Morgan fingerprint density at radius 1 is 0.892 bits per heavy atom. The summed E-state index contributed by atoms with van der Waals surface area (Å²) in [5, 5.41) is 18.6. The summed E-state index contributed by atoms with van der Waals surface area (Å²) in [6.45, 7) is 6.58. The molecule has 3 aromatic carbocycles. The van der Waals surface area contributed by atoms with Gasteiger partial charge < -0.3 is 9.15 Å². The van der Waals surface area contributed by atoms with Crippen molar-refractivity contribution >= 4 is 23.4 Å². The molecule has 0 N–H and O–H groups in total. The molecule has 0 aliphatic carbocycles. The maximum absolute atomic E-state index is 6.48. The summed E-state index contributed by atoms with van der Waals surface area (Å²) in [7, 11) is 1.59. The van der Waals surface area contributed by atoms with Crippen LogP contribution in [0.5, 0.6) is 5.75 Å². The lowest BCUT2D eigenvalue weighted by Crippen LogP contribution is -2.10. The van der Waals surface area contributed by atoms with Crippen LogP contribution in [0.1, 0.15) is 32.2 Å². The van der Waals surface area contributed by atoms with E-state index >= 15 is 0 Å². The third-order valence-electron chi connectivity index (χ3n) is 5.85. The molecule has 0 bridgehead atoms. The molecule has 2 aromatic heterocycles. The minimum absolute atomic E-state index is 0.0550. The molecule has 7 nitrogen and oxygen atoms in total. The minimum atomic E-state index is 0.0550. The van der Waals surface area contributed by atoms with Crippen molar-refractivity contribution in [2.75, 3.05) is 7.11 Å². The predicted molar refractivity (Wildman–Crippen MR) is 146 cm³/mol. The van der Waals surface area contributed by atoms with E-state index in [1.165, 1.54) is 17.3 Å². The highest BCUT2D eigenvalue weighted by Crippen LogP contribution is 2.34. The Labute approximate surface area is 224 Å². The second-order valence-electron chi connectivity index (χ2n) is 9.44. The number of nitrogens with zero attached hydrogens (tertiary/aromatic N) is 5. The molecule has 0 fully saturated rings. The van der Waals surface area contributed by atoms with E-state index in [0.29, 0.717) is 39.3 Å². The van der Waals surface area contributed by atoms with Crippen LogP contribution in [0.15, 0.2) is 82.4 Å². The van der Waals surface area contributed by atoms with Crippen molar-refractivity contribution in [1.29, 1.82) is 0 Å². The Bertz CT molecular complexity index is 1510. The monoisotopic (exact) mass is 531 g/mol. The van der Waals surface area contributed by atoms with Gasteiger partial charge in [-0.2, -0.15) is 0 Å². The Morgan fingerprint density at radius 3 is 2.32 bits per heavy atom. The minimum Gasteiger partial charge on any atom is -0.495 e. The SMILES string of the molecule is COc1ccc(-n2c(SCc3nnc(-c4ccccc4)o3)nnc2-c2ccc(C(C)(C)C)cc2)cc1Cl. The average Bonchev–Trinajstić information content (AvgIpc) is 3.55. The van der Waals surface area contributed by atoms with Crippen molar-refractivity contribution in [2.24, 2.45) is 0 Å². The van der Waals surface area contributed by atoms with Gasteiger partial charge in [-0.15, -0.1) is 20.4 Å². The van der Waals surface area contributed by atoms with Crippen LogP contribution in [0.25, 0.3) is 28.5 Å². The second kappa shape index (κ2) is 10.4. The van der Waals surface area contributed by atoms with E-state index in [2.05, 4.69) is 65.4 Å². The Kier molecular flexibility index (Phi) is 7.04. The van der Waals surface area contributed by atoms with E-state index < -0.39 is 0 Å². The fourth-order valence-electron chi connectivity index (χ4n) is 3.83. The van der Waals surface area contributed by atoms with Gasteiger partial charge in [0.05, 0.1) is 23.6 Å². The van der Waals surface area contributed by atoms with Gasteiger partial charge in [0.15, 0.2) is 11.0 Å². The quantitative estimate of drug-likeness (QED) is 0.205. The first-order valence-electron chi connectivity index (χ1n) is 11.7. The molecule has 0 saturated heterocycles. The van der Waals surface area contributed by atoms with Crippen molar-refractivity contribution in [3.63, 3.8) is 0 Å². The molecular formula is C28H26ClN5O2S. The third-order valence-corrected chi connectivity index (χ3v) is 7.06. The van der Waals surface area contributed by atoms with Gasteiger partial charge in [-0.1, -0.05) is 86.6 Å². The summed E-state index contributed by atoms with van der Waals surface area (Å²) in [6, 6.07) is 23.7. The Balaban J connectivity index is 1.49. The van der Waals surface area contributed by atoms with Crippen LogP contribution in [0.4, 0.5) is 0 Å². The molecule has 9 heteroatoms. The molecule has 0 atom stereocenters. The van der Waals surface area contributed by atoms with E-state index in [-0.39, 0.29) is 5.41 Å². The first-order chi connectivity index (χ1) is 17.8. The zero-order valence-corrected chi connectivity index (χ0v) is 22.5. The van der Waals surface area contributed by atoms with Crippen molar-refractivity contribution in [3.05, 3.63) is 89.3 Å². The number of thioether (sulfide) groups is 1. The first kappa shape index (κ1) is 25.0. The second-order valence-corrected chi connectivity index (χ2v) is 10.8. The molecule has 188 valence electrons. The standard InChI is InChI=1S/C28H26ClN5O2S/c1-28(2,3)20-12-10-18(11-13-20)25-31-33-27(34(25)21-14-15-23(35-4)22(29)16-21)37-17-24-30-32-26(36-24)19-8-6-5-7-9-19/h5-16H,17H2,1-4H3. The summed E-state index contributed by atoms with van der Waals surface area (Å²) >= 11 is 7.94. The molecule has 0 aliphatic rings. The summed E-state index contributed by atoms with van der Waals surface area (Å²) in [5.74, 6) is 2.73. The van der Waals surface area contributed by atoms with Gasteiger partial charge in [0.25, 0.3) is 0 Å². The van der Waals surface area contributed by atoms with Crippen molar-refractivity contribution < 1.29 is 9.15 Å². The lowest BCUT2D eigenvalue weighted by Gasteiger charge is -2.19. The smallest absolute Gasteiger partial charge is 0.247 e. The third kappa shape index (κ3) is 5.40. The molecule has 5 aromatic rings. The van der Waals surface area contributed by atoms with E-state index in [9.17, 15) is 0 Å². The largest absolute Gasteiger partial charge is 0.495 e. The molecule has 5 rings (SSSR count). The van der Waals surface area contributed by atoms with E-state index in [1.807, 2.05) is 53.1 Å². The van der Waals surface area contributed by atoms with Gasteiger partial charge in [0, 0.05) is 11.1 Å². The van der Waals surface area contributed by atoms with Gasteiger partial charge in [0.2, 0.25) is 11.8 Å². The highest BCUT2D eigenvalue weighted by Gasteiger charge is 2.20. The molecule has 0 unspecified atom stereocenters. The lowest BCUT2D eigenvalue weighted by molar-refractivity contribution is 0.415. The van der Waals surface area contributed by atoms with E-state index in [0.717, 1.165) is 16.8 Å². The predicted octanol–water partition coefficient (Wildman–Crippen LogP) is 7.24. The van der Waals surface area contributed by atoms with Crippen molar-refractivity contribution in [3.8, 4) is 34.3 Å². The van der Waals surface area contributed by atoms with Gasteiger partial charge in [-0.05, 0) is 41.3 Å². The number of methoxy groups -OCH3 is 1. The van der Waals surface area contributed by atoms with Gasteiger partial charge >= 0.3 is 0 Å². The molecule has 2 heterocycles. The topological polar surface area (TPSA) is 78.9 Å². The van der Waals surface area contributed by atoms with Crippen LogP contribution in [-0.2, 0) is 11.2 Å². The number of hydrogen-bond donors (Lipinski definition) is 0. The normalized spacial score (nSPS) is 11.6. The first-order valence-corrected chi connectivity index (χ1v) is 13.1. The molecule has 0 aliphatic heterocycles. The zero-order chi connectivity index (χ0) is 26.0. The van der Waals surface area contributed by atoms with Gasteiger partial charge in [-0.25, -0.2) is 0 Å². The maximum atomic E-state index is 6.48. The average molecular weight is 532 g/mol. The van der Waals surface area contributed by atoms with Gasteiger partial charge in [0.1, 0.15) is 5.75 Å². The van der Waals surface area contributed by atoms with Crippen LogP contribution < -0.4 is 4.74 Å². The maximum Gasteiger partial charge on any atom is 0.247 e. The van der Waals surface area contributed by atoms with Crippen LogP contribution in [0.2, 0.25) is 5.02 Å².